The van der Waals surface area contributed by atoms with Crippen LogP contribution in [0.1, 0.15) is 51.9 Å². The summed E-state index contributed by atoms with van der Waals surface area (Å²) in [6, 6.07) is 1.15. The number of piperidine rings is 1. The first-order valence-corrected chi connectivity index (χ1v) is 9.49. The van der Waals surface area contributed by atoms with E-state index in [-0.39, 0.29) is 0 Å². The zero-order valence-electron chi connectivity index (χ0n) is 12.8. The van der Waals surface area contributed by atoms with Crippen LogP contribution in [0.4, 0.5) is 0 Å². The second kappa shape index (κ2) is 7.17. The summed E-state index contributed by atoms with van der Waals surface area (Å²) in [7, 11) is 0. The van der Waals surface area contributed by atoms with Crippen LogP contribution in [0, 0.1) is 5.92 Å². The van der Waals surface area contributed by atoms with E-state index < -0.39 is 0 Å². The predicted molar refractivity (Wildman–Crippen MR) is 88.5 cm³/mol. The van der Waals surface area contributed by atoms with Gasteiger partial charge in [0.15, 0.2) is 5.17 Å². The maximum atomic E-state index is 4.99. The van der Waals surface area contributed by atoms with Gasteiger partial charge >= 0.3 is 0 Å². The van der Waals surface area contributed by atoms with Crippen LogP contribution in [0.2, 0.25) is 0 Å². The first-order valence-electron chi connectivity index (χ1n) is 8.51. The molecule has 0 spiro atoms. The molecule has 3 atom stereocenters. The summed E-state index contributed by atoms with van der Waals surface area (Å²) >= 11 is 1.96. The van der Waals surface area contributed by atoms with Gasteiger partial charge in [0.25, 0.3) is 0 Å². The molecule has 3 rings (SSSR count). The molecule has 3 nitrogen and oxygen atoms in total. The van der Waals surface area contributed by atoms with Crippen LogP contribution in [0.5, 0.6) is 0 Å². The van der Waals surface area contributed by atoms with Crippen molar-refractivity contribution in [2.24, 2.45) is 10.9 Å². The van der Waals surface area contributed by atoms with Crippen molar-refractivity contribution >= 4 is 16.9 Å². The van der Waals surface area contributed by atoms with E-state index in [9.17, 15) is 0 Å². The van der Waals surface area contributed by atoms with Crippen LogP contribution >= 0.6 is 11.8 Å². The van der Waals surface area contributed by atoms with Gasteiger partial charge in [-0.15, -0.1) is 0 Å². The number of thioether (sulfide) groups is 1. The number of fused-ring (bicyclic) bond motifs is 1. The maximum absolute atomic E-state index is 4.99. The molecule has 2 aliphatic heterocycles. The molecular weight excluding hydrogens is 266 g/mol. The van der Waals surface area contributed by atoms with E-state index in [2.05, 4.69) is 17.1 Å². The van der Waals surface area contributed by atoms with Gasteiger partial charge in [0, 0.05) is 18.3 Å². The van der Waals surface area contributed by atoms with Crippen molar-refractivity contribution in [3.8, 4) is 0 Å². The topological polar surface area (TPSA) is 27.6 Å². The van der Waals surface area contributed by atoms with Crippen molar-refractivity contribution < 1.29 is 0 Å². The Morgan fingerprint density at radius 3 is 2.85 bits per heavy atom. The summed E-state index contributed by atoms with van der Waals surface area (Å²) in [5.74, 6) is 2.14. The number of rotatable bonds is 3. The van der Waals surface area contributed by atoms with E-state index in [1.54, 1.807) is 0 Å². The summed E-state index contributed by atoms with van der Waals surface area (Å²) in [5, 5.41) is 4.89. The summed E-state index contributed by atoms with van der Waals surface area (Å²) < 4.78 is 0. The van der Waals surface area contributed by atoms with Crippen molar-refractivity contribution in [2.45, 2.75) is 64.0 Å². The molecule has 1 aliphatic carbocycles. The normalized spacial score (nSPS) is 33.1. The molecule has 3 aliphatic rings. The smallest absolute Gasteiger partial charge is 0.157 e. The standard InChI is InChI=1S/C16H29N3S/c1-13(11-19-9-5-2-6-10-19)17-16-18-15-8-4-3-7-14(15)12-20-16/h13-15H,2-12H2,1H3,(H,17,18). The Bertz CT molecular complexity index is 339. The average Bonchev–Trinajstić information content (AvgIpc) is 2.48. The molecule has 1 saturated carbocycles. The molecule has 114 valence electrons. The van der Waals surface area contributed by atoms with Gasteiger partial charge in [-0.2, -0.15) is 0 Å². The van der Waals surface area contributed by atoms with E-state index in [1.807, 2.05) is 11.8 Å². The summed E-state index contributed by atoms with van der Waals surface area (Å²) in [5.41, 5.74) is 0. The van der Waals surface area contributed by atoms with Gasteiger partial charge in [-0.3, -0.25) is 4.99 Å². The number of aliphatic imine (C=N–C) groups is 1. The highest BCUT2D eigenvalue weighted by Crippen LogP contribution is 2.33. The van der Waals surface area contributed by atoms with Crippen LogP contribution in [-0.2, 0) is 0 Å². The fourth-order valence-corrected chi connectivity index (χ4v) is 5.05. The molecule has 0 radical (unpaired) electrons. The van der Waals surface area contributed by atoms with E-state index >= 15 is 0 Å². The molecule has 0 aromatic rings. The van der Waals surface area contributed by atoms with Gasteiger partial charge in [-0.1, -0.05) is 31.0 Å². The van der Waals surface area contributed by atoms with Crippen LogP contribution in [0.15, 0.2) is 4.99 Å². The lowest BCUT2D eigenvalue weighted by molar-refractivity contribution is 0.215. The number of hydrogen-bond acceptors (Lipinski definition) is 4. The number of nitrogens with one attached hydrogen (secondary N) is 1. The Labute approximate surface area is 128 Å². The van der Waals surface area contributed by atoms with E-state index in [4.69, 9.17) is 4.99 Å². The number of likely N-dealkylation sites (tertiary alicyclic amines) is 1. The minimum absolute atomic E-state index is 0.527. The fourth-order valence-electron chi connectivity index (χ4n) is 3.79. The fraction of sp³-hybridized carbons (Fsp3) is 0.938. The largest absolute Gasteiger partial charge is 0.361 e. The van der Waals surface area contributed by atoms with Crippen LogP contribution in [0.25, 0.3) is 0 Å². The molecule has 0 aromatic heterocycles. The molecule has 4 heteroatoms. The van der Waals surface area contributed by atoms with Gasteiger partial charge in [0.2, 0.25) is 0 Å². The molecule has 2 heterocycles. The van der Waals surface area contributed by atoms with Gasteiger partial charge in [-0.25, -0.2) is 0 Å². The molecular formula is C16H29N3S. The zero-order chi connectivity index (χ0) is 13.8. The Hall–Kier alpha value is -0.220. The quantitative estimate of drug-likeness (QED) is 0.867. The van der Waals surface area contributed by atoms with Crippen LogP contribution in [-0.4, -0.2) is 47.5 Å². The van der Waals surface area contributed by atoms with Gasteiger partial charge < -0.3 is 10.2 Å². The first kappa shape index (κ1) is 14.7. The Morgan fingerprint density at radius 2 is 2.00 bits per heavy atom. The third-order valence-corrected chi connectivity index (χ3v) is 6.03. The van der Waals surface area contributed by atoms with E-state index in [0.29, 0.717) is 12.1 Å². The van der Waals surface area contributed by atoms with Crippen LogP contribution < -0.4 is 5.32 Å². The van der Waals surface area contributed by atoms with E-state index in [0.717, 1.165) is 5.92 Å². The van der Waals surface area contributed by atoms with Crippen molar-refractivity contribution in [1.82, 2.24) is 10.2 Å². The second-order valence-electron chi connectivity index (χ2n) is 6.76. The van der Waals surface area contributed by atoms with Gasteiger partial charge in [0.05, 0.1) is 6.04 Å². The SMILES string of the molecule is CC(CN1CCCCC1)NC1=NC2CCCCC2CS1. The van der Waals surface area contributed by atoms with Crippen molar-refractivity contribution in [3.63, 3.8) is 0 Å². The van der Waals surface area contributed by atoms with Crippen LogP contribution in [0.3, 0.4) is 0 Å². The Kier molecular flexibility index (Phi) is 5.27. The molecule has 0 aromatic carbocycles. The second-order valence-corrected chi connectivity index (χ2v) is 7.77. The summed E-state index contributed by atoms with van der Waals surface area (Å²) in [4.78, 5) is 7.60. The van der Waals surface area contributed by atoms with Gasteiger partial charge in [0.1, 0.15) is 0 Å². The number of hydrogen-bond donors (Lipinski definition) is 1. The monoisotopic (exact) mass is 295 g/mol. The number of amidine groups is 1. The minimum atomic E-state index is 0.527. The maximum Gasteiger partial charge on any atom is 0.157 e. The molecule has 3 unspecified atom stereocenters. The molecule has 0 bridgehead atoms. The highest BCUT2D eigenvalue weighted by molar-refractivity contribution is 8.13. The van der Waals surface area contributed by atoms with Gasteiger partial charge in [-0.05, 0) is 51.6 Å². The molecule has 2 fully saturated rings. The van der Waals surface area contributed by atoms with Crippen molar-refractivity contribution in [2.75, 3.05) is 25.4 Å². The lowest BCUT2D eigenvalue weighted by atomic mass is 9.86. The predicted octanol–water partition coefficient (Wildman–Crippen LogP) is 3.11. The molecule has 0 amide bonds. The number of nitrogens with zero attached hydrogens (tertiary/aromatic N) is 2. The van der Waals surface area contributed by atoms with E-state index in [1.165, 1.54) is 75.5 Å². The van der Waals surface area contributed by atoms with Crippen molar-refractivity contribution in [3.05, 3.63) is 0 Å². The average molecular weight is 295 g/mol. The third kappa shape index (κ3) is 3.91. The summed E-state index contributed by atoms with van der Waals surface area (Å²) in [6.07, 6.45) is 9.70. The summed E-state index contributed by atoms with van der Waals surface area (Å²) in [6.45, 7) is 6.06. The highest BCUT2D eigenvalue weighted by atomic mass is 32.2. The third-order valence-electron chi connectivity index (χ3n) is 4.94. The van der Waals surface area contributed by atoms with Crippen molar-refractivity contribution in [1.29, 1.82) is 0 Å². The minimum Gasteiger partial charge on any atom is -0.361 e. The lowest BCUT2D eigenvalue weighted by Crippen LogP contribution is -2.44. The Morgan fingerprint density at radius 1 is 1.20 bits per heavy atom. The molecule has 1 saturated heterocycles. The molecule has 20 heavy (non-hydrogen) atoms. The zero-order valence-corrected chi connectivity index (χ0v) is 13.6. The molecule has 1 N–H and O–H groups in total. The first-order chi connectivity index (χ1) is 9.81. The lowest BCUT2D eigenvalue weighted by Gasteiger charge is -2.34. The Balaban J connectivity index is 1.48. The highest BCUT2D eigenvalue weighted by Gasteiger charge is 2.29.